The Morgan fingerprint density at radius 1 is 1.05 bits per heavy atom. The molecule has 3 aromatic rings. The number of hydrogen-bond acceptors (Lipinski definition) is 3. The summed E-state index contributed by atoms with van der Waals surface area (Å²) in [5.41, 5.74) is 0. The van der Waals surface area contributed by atoms with Crippen molar-refractivity contribution < 1.29 is 0 Å². The van der Waals surface area contributed by atoms with Crippen LogP contribution in [0.2, 0.25) is 5.02 Å². The normalized spacial score (nSPS) is 11.3. The first-order valence-corrected chi connectivity index (χ1v) is 8.65. The Morgan fingerprint density at radius 3 is 2.63 bits per heavy atom. The molecular formula is C14H11BrClNS2. The molecule has 98 valence electrons. The van der Waals surface area contributed by atoms with Gasteiger partial charge in [-0.1, -0.05) is 29.8 Å². The van der Waals surface area contributed by atoms with Crippen LogP contribution < -0.4 is 5.32 Å². The number of thiophene rings is 2. The van der Waals surface area contributed by atoms with E-state index in [1.807, 2.05) is 6.07 Å². The summed E-state index contributed by atoms with van der Waals surface area (Å²) in [7, 11) is 0. The number of fused-ring (bicyclic) bond motifs is 1. The lowest BCUT2D eigenvalue weighted by Gasteiger charge is -2.01. The van der Waals surface area contributed by atoms with E-state index in [2.05, 4.69) is 51.6 Å². The maximum atomic E-state index is 6.41. The highest BCUT2D eigenvalue weighted by Crippen LogP contribution is 2.35. The first kappa shape index (κ1) is 13.6. The predicted octanol–water partition coefficient (Wildman–Crippen LogP) is 5.67. The minimum atomic E-state index is 0.813. The molecule has 0 fully saturated rings. The van der Waals surface area contributed by atoms with Gasteiger partial charge in [0.05, 0.1) is 8.81 Å². The molecule has 0 aliphatic rings. The van der Waals surface area contributed by atoms with Gasteiger partial charge in [0.1, 0.15) is 0 Å². The molecule has 2 aromatic heterocycles. The minimum absolute atomic E-state index is 0.813. The minimum Gasteiger partial charge on any atom is -0.307 e. The zero-order valence-electron chi connectivity index (χ0n) is 9.95. The van der Waals surface area contributed by atoms with Gasteiger partial charge >= 0.3 is 0 Å². The van der Waals surface area contributed by atoms with Gasteiger partial charge in [-0.05, 0) is 34.1 Å². The van der Waals surface area contributed by atoms with Crippen molar-refractivity contribution in [1.29, 1.82) is 0 Å². The average molecular weight is 373 g/mol. The van der Waals surface area contributed by atoms with Gasteiger partial charge in [0, 0.05) is 32.9 Å². The van der Waals surface area contributed by atoms with E-state index in [-0.39, 0.29) is 0 Å². The molecule has 3 rings (SSSR count). The van der Waals surface area contributed by atoms with Crippen LogP contribution >= 0.6 is 50.2 Å². The lowest BCUT2D eigenvalue weighted by atomic mass is 10.2. The fourth-order valence-electron chi connectivity index (χ4n) is 1.92. The summed E-state index contributed by atoms with van der Waals surface area (Å²) in [5, 5.41) is 5.50. The van der Waals surface area contributed by atoms with E-state index >= 15 is 0 Å². The maximum Gasteiger partial charge on any atom is 0.0701 e. The van der Waals surface area contributed by atoms with Gasteiger partial charge < -0.3 is 5.32 Å². The van der Waals surface area contributed by atoms with Gasteiger partial charge in [0.2, 0.25) is 0 Å². The summed E-state index contributed by atoms with van der Waals surface area (Å²) in [6.45, 7) is 1.69. The standard InChI is InChI=1S/C14H11BrClNS2/c15-13-6-5-9(18-13)7-17-8-12-14(16)10-3-1-2-4-11(10)19-12/h1-6,17H,7-8H2. The third-order valence-corrected chi connectivity index (χ3v) is 6.15. The van der Waals surface area contributed by atoms with Crippen molar-refractivity contribution in [3.8, 4) is 0 Å². The molecule has 1 nitrogen and oxygen atoms in total. The van der Waals surface area contributed by atoms with Crippen LogP contribution in [-0.4, -0.2) is 0 Å². The van der Waals surface area contributed by atoms with Crippen LogP contribution in [-0.2, 0) is 13.1 Å². The summed E-state index contributed by atoms with van der Waals surface area (Å²) in [4.78, 5) is 2.53. The van der Waals surface area contributed by atoms with Gasteiger partial charge in [0.15, 0.2) is 0 Å². The van der Waals surface area contributed by atoms with Gasteiger partial charge in [-0.3, -0.25) is 0 Å². The number of benzene rings is 1. The summed E-state index contributed by atoms with van der Waals surface area (Å²) >= 11 is 13.4. The van der Waals surface area contributed by atoms with Crippen LogP contribution in [0.15, 0.2) is 40.2 Å². The van der Waals surface area contributed by atoms with Crippen molar-refractivity contribution in [3.63, 3.8) is 0 Å². The average Bonchev–Trinajstić information content (AvgIpc) is 2.96. The summed E-state index contributed by atoms with van der Waals surface area (Å²) < 4.78 is 2.42. The molecule has 0 aliphatic heterocycles. The van der Waals surface area contributed by atoms with Crippen LogP contribution in [0.5, 0.6) is 0 Å². The van der Waals surface area contributed by atoms with Crippen molar-refractivity contribution in [2.75, 3.05) is 0 Å². The number of nitrogens with one attached hydrogen (secondary N) is 1. The molecule has 0 atom stereocenters. The van der Waals surface area contributed by atoms with E-state index in [1.165, 1.54) is 18.2 Å². The quantitative estimate of drug-likeness (QED) is 0.622. The van der Waals surface area contributed by atoms with Gasteiger partial charge in [-0.15, -0.1) is 22.7 Å². The molecule has 0 bridgehead atoms. The van der Waals surface area contributed by atoms with Crippen LogP contribution in [0.4, 0.5) is 0 Å². The highest BCUT2D eigenvalue weighted by Gasteiger charge is 2.09. The SMILES string of the molecule is Clc1c(CNCc2ccc(Br)s2)sc2ccccc12. The van der Waals surface area contributed by atoms with Crippen LogP contribution in [0.1, 0.15) is 9.75 Å². The van der Waals surface area contributed by atoms with E-state index < -0.39 is 0 Å². The van der Waals surface area contributed by atoms with Crippen molar-refractivity contribution in [1.82, 2.24) is 5.32 Å². The van der Waals surface area contributed by atoms with Gasteiger partial charge in [0.25, 0.3) is 0 Å². The summed E-state index contributed by atoms with van der Waals surface area (Å²) in [5.74, 6) is 0. The third-order valence-electron chi connectivity index (χ3n) is 2.82. The van der Waals surface area contributed by atoms with Crippen molar-refractivity contribution in [3.05, 3.63) is 55.0 Å². The highest BCUT2D eigenvalue weighted by atomic mass is 79.9. The molecule has 0 unspecified atom stereocenters. The molecule has 0 amide bonds. The fourth-order valence-corrected chi connectivity index (χ4v) is 4.85. The lowest BCUT2D eigenvalue weighted by molar-refractivity contribution is 0.709. The molecule has 0 spiro atoms. The Labute approximate surface area is 133 Å². The van der Waals surface area contributed by atoms with Gasteiger partial charge in [-0.25, -0.2) is 0 Å². The Kier molecular flexibility index (Phi) is 4.24. The zero-order chi connectivity index (χ0) is 13.2. The molecule has 0 saturated heterocycles. The van der Waals surface area contributed by atoms with E-state index in [0.29, 0.717) is 0 Å². The molecule has 0 radical (unpaired) electrons. The molecule has 19 heavy (non-hydrogen) atoms. The monoisotopic (exact) mass is 371 g/mol. The fraction of sp³-hybridized carbons (Fsp3) is 0.143. The van der Waals surface area contributed by atoms with Gasteiger partial charge in [-0.2, -0.15) is 0 Å². The second-order valence-electron chi connectivity index (χ2n) is 4.14. The Bertz CT molecular complexity index is 704. The zero-order valence-corrected chi connectivity index (χ0v) is 13.9. The van der Waals surface area contributed by atoms with E-state index in [0.717, 1.165) is 23.5 Å². The smallest absolute Gasteiger partial charge is 0.0701 e. The molecular weight excluding hydrogens is 362 g/mol. The predicted molar refractivity (Wildman–Crippen MR) is 89.4 cm³/mol. The number of hydrogen-bond donors (Lipinski definition) is 1. The first-order valence-electron chi connectivity index (χ1n) is 5.85. The van der Waals surface area contributed by atoms with Crippen LogP contribution in [0, 0.1) is 0 Å². The molecule has 0 aliphatic carbocycles. The lowest BCUT2D eigenvalue weighted by Crippen LogP contribution is -2.10. The van der Waals surface area contributed by atoms with Crippen molar-refractivity contribution in [2.45, 2.75) is 13.1 Å². The van der Waals surface area contributed by atoms with E-state index in [4.69, 9.17) is 11.6 Å². The van der Waals surface area contributed by atoms with Crippen LogP contribution in [0.25, 0.3) is 10.1 Å². The van der Waals surface area contributed by atoms with E-state index in [9.17, 15) is 0 Å². The number of rotatable bonds is 4. The highest BCUT2D eigenvalue weighted by molar-refractivity contribution is 9.11. The second-order valence-corrected chi connectivity index (χ2v) is 8.21. The van der Waals surface area contributed by atoms with Crippen molar-refractivity contribution in [2.24, 2.45) is 0 Å². The Balaban J connectivity index is 1.70. The number of halogens is 2. The second kappa shape index (κ2) is 5.94. The molecule has 2 heterocycles. The first-order chi connectivity index (χ1) is 9.24. The summed E-state index contributed by atoms with van der Waals surface area (Å²) in [6.07, 6.45) is 0. The summed E-state index contributed by atoms with van der Waals surface area (Å²) in [6, 6.07) is 12.5. The third kappa shape index (κ3) is 3.03. The Hall–Kier alpha value is -0.390. The Morgan fingerprint density at radius 2 is 1.89 bits per heavy atom. The van der Waals surface area contributed by atoms with Crippen LogP contribution in [0.3, 0.4) is 0 Å². The van der Waals surface area contributed by atoms with Crippen molar-refractivity contribution >= 4 is 60.3 Å². The molecule has 5 heteroatoms. The molecule has 1 N–H and O–H groups in total. The molecule has 1 aromatic carbocycles. The van der Waals surface area contributed by atoms with E-state index in [1.54, 1.807) is 22.7 Å². The maximum absolute atomic E-state index is 6.41. The molecule has 0 saturated carbocycles. The topological polar surface area (TPSA) is 12.0 Å². The largest absolute Gasteiger partial charge is 0.307 e.